The first-order valence-electron chi connectivity index (χ1n) is 9.39. The summed E-state index contributed by atoms with van der Waals surface area (Å²) in [6.45, 7) is 5.60. The number of likely N-dealkylation sites (tertiary alicyclic amines) is 1. The molecule has 0 amide bonds. The van der Waals surface area contributed by atoms with Crippen molar-refractivity contribution in [2.75, 3.05) is 25.4 Å². The number of nitrogens with one attached hydrogen (secondary N) is 1. The molecule has 26 heavy (non-hydrogen) atoms. The molecule has 1 aromatic carbocycles. The second kappa shape index (κ2) is 8.68. The van der Waals surface area contributed by atoms with Crippen LogP contribution in [0.3, 0.4) is 0 Å². The number of aromatic amines is 1. The number of aromatic nitrogens is 1. The van der Waals surface area contributed by atoms with Gasteiger partial charge in [-0.3, -0.25) is 9.69 Å². The third-order valence-electron chi connectivity index (χ3n) is 5.25. The first kappa shape index (κ1) is 19.6. The molecule has 0 saturated carbocycles. The second-order valence-corrected chi connectivity index (χ2v) is 8.21. The third kappa shape index (κ3) is 4.05. The maximum absolute atomic E-state index is 12.3. The Kier molecular flexibility index (Phi) is 6.54. The Bertz CT molecular complexity index is 821. The maximum Gasteiger partial charge on any atom is 0.252 e. The number of pyridine rings is 1. The van der Waals surface area contributed by atoms with E-state index in [1.807, 2.05) is 23.9 Å². The van der Waals surface area contributed by atoms with Gasteiger partial charge < -0.3 is 9.72 Å². The van der Waals surface area contributed by atoms with Crippen LogP contribution in [0.5, 0.6) is 5.75 Å². The molecule has 3 heterocycles. The number of fused-ring (bicyclic) bond motifs is 3. The van der Waals surface area contributed by atoms with Gasteiger partial charge in [0.1, 0.15) is 11.9 Å². The van der Waals surface area contributed by atoms with E-state index >= 15 is 0 Å². The summed E-state index contributed by atoms with van der Waals surface area (Å²) in [4.78, 5) is 17.8. The molecule has 2 aliphatic heterocycles. The first-order chi connectivity index (χ1) is 12.2. The summed E-state index contributed by atoms with van der Waals surface area (Å²) in [5, 5.41) is 1.16. The van der Waals surface area contributed by atoms with Crippen LogP contribution >= 0.6 is 24.2 Å². The zero-order chi connectivity index (χ0) is 17.2. The summed E-state index contributed by atoms with van der Waals surface area (Å²) in [5.41, 5.74) is 3.18. The number of halogens is 1. The van der Waals surface area contributed by atoms with E-state index in [0.29, 0.717) is 0 Å². The summed E-state index contributed by atoms with van der Waals surface area (Å²) in [6.07, 6.45) is 4.76. The largest absolute Gasteiger partial charge is 0.489 e. The van der Waals surface area contributed by atoms with E-state index in [1.165, 1.54) is 24.9 Å². The van der Waals surface area contributed by atoms with Crippen LogP contribution in [0.4, 0.5) is 0 Å². The Morgan fingerprint density at radius 2 is 2.23 bits per heavy atom. The highest BCUT2D eigenvalue weighted by Crippen LogP contribution is 2.30. The highest BCUT2D eigenvalue weighted by molar-refractivity contribution is 7.98. The molecule has 6 heteroatoms. The Hall–Kier alpha value is -1.17. The molecule has 0 spiro atoms. The quantitative estimate of drug-likeness (QED) is 0.851. The van der Waals surface area contributed by atoms with Crippen LogP contribution < -0.4 is 10.3 Å². The van der Waals surface area contributed by atoms with Gasteiger partial charge in [-0.1, -0.05) is 6.92 Å². The van der Waals surface area contributed by atoms with Gasteiger partial charge in [0.15, 0.2) is 0 Å². The molecule has 2 aromatic rings. The lowest BCUT2D eigenvalue weighted by molar-refractivity contribution is 0.0888. The minimum Gasteiger partial charge on any atom is -0.489 e. The van der Waals surface area contributed by atoms with Gasteiger partial charge >= 0.3 is 0 Å². The molecule has 0 aliphatic carbocycles. The molecule has 142 valence electrons. The van der Waals surface area contributed by atoms with Gasteiger partial charge in [-0.05, 0) is 68.3 Å². The molecule has 2 aliphatic rings. The number of aryl methyl sites for hydroxylation is 1. The second-order valence-electron chi connectivity index (χ2n) is 7.10. The normalized spacial score (nSPS) is 20.4. The summed E-state index contributed by atoms with van der Waals surface area (Å²) in [5.74, 6) is 2.84. The SMILES string of the molecule is CCCN1CCCC(Oc2ccc3[nH]c(=O)c4c(c3c2)CCSC4)C1.Cl. The van der Waals surface area contributed by atoms with Crippen molar-refractivity contribution in [3.8, 4) is 5.75 Å². The van der Waals surface area contributed by atoms with Crippen LogP contribution in [-0.2, 0) is 12.2 Å². The third-order valence-corrected chi connectivity index (χ3v) is 6.24. The van der Waals surface area contributed by atoms with Gasteiger partial charge in [-0.25, -0.2) is 0 Å². The lowest BCUT2D eigenvalue weighted by Gasteiger charge is -2.32. The van der Waals surface area contributed by atoms with Crippen molar-refractivity contribution < 1.29 is 4.74 Å². The fraction of sp³-hybridized carbons (Fsp3) is 0.550. The minimum absolute atomic E-state index is 0. The molecule has 4 nitrogen and oxygen atoms in total. The van der Waals surface area contributed by atoms with Crippen LogP contribution in [-0.4, -0.2) is 41.4 Å². The number of nitrogens with zero attached hydrogens (tertiary/aromatic N) is 1. The summed E-state index contributed by atoms with van der Waals surface area (Å²) in [7, 11) is 0. The molecule has 4 rings (SSSR count). The average molecular weight is 395 g/mol. The number of thioether (sulfide) groups is 1. The van der Waals surface area contributed by atoms with Crippen molar-refractivity contribution in [1.29, 1.82) is 0 Å². The van der Waals surface area contributed by atoms with Crippen LogP contribution in [0, 0.1) is 0 Å². The van der Waals surface area contributed by atoms with Crippen molar-refractivity contribution in [1.82, 2.24) is 9.88 Å². The molecule has 1 atom stereocenters. The zero-order valence-electron chi connectivity index (χ0n) is 15.3. The minimum atomic E-state index is 0. The van der Waals surface area contributed by atoms with Crippen molar-refractivity contribution in [2.45, 2.75) is 44.5 Å². The van der Waals surface area contributed by atoms with Crippen molar-refractivity contribution in [2.24, 2.45) is 0 Å². The monoisotopic (exact) mass is 394 g/mol. The highest BCUT2D eigenvalue weighted by atomic mass is 35.5. The fourth-order valence-corrected chi connectivity index (χ4v) is 5.06. The molecule has 1 unspecified atom stereocenters. The number of rotatable bonds is 4. The van der Waals surface area contributed by atoms with Crippen LogP contribution in [0.1, 0.15) is 37.3 Å². The number of benzene rings is 1. The summed E-state index contributed by atoms with van der Waals surface area (Å²) in [6, 6.07) is 6.14. The predicted octanol–water partition coefficient (Wildman–Crippen LogP) is 3.99. The van der Waals surface area contributed by atoms with Gasteiger partial charge in [0.2, 0.25) is 0 Å². The molecule has 1 N–H and O–H groups in total. The Balaban J connectivity index is 0.00000196. The summed E-state index contributed by atoms with van der Waals surface area (Å²) >= 11 is 1.84. The lowest BCUT2D eigenvalue weighted by Crippen LogP contribution is -2.41. The molecular weight excluding hydrogens is 368 g/mol. The number of ether oxygens (including phenoxy) is 1. The number of piperidine rings is 1. The van der Waals surface area contributed by atoms with E-state index in [1.54, 1.807) is 0 Å². The predicted molar refractivity (Wildman–Crippen MR) is 112 cm³/mol. The molecule has 1 saturated heterocycles. The Morgan fingerprint density at radius 3 is 3.08 bits per heavy atom. The Labute approximate surface area is 165 Å². The summed E-state index contributed by atoms with van der Waals surface area (Å²) < 4.78 is 6.32. The van der Waals surface area contributed by atoms with E-state index in [9.17, 15) is 4.79 Å². The van der Waals surface area contributed by atoms with Gasteiger partial charge in [0.25, 0.3) is 5.56 Å². The maximum atomic E-state index is 12.3. The van der Waals surface area contributed by atoms with Crippen LogP contribution in [0.15, 0.2) is 23.0 Å². The van der Waals surface area contributed by atoms with Crippen molar-refractivity contribution >= 4 is 35.1 Å². The zero-order valence-corrected chi connectivity index (χ0v) is 16.9. The Morgan fingerprint density at radius 1 is 1.35 bits per heavy atom. The topological polar surface area (TPSA) is 45.3 Å². The number of H-pyrrole nitrogens is 1. The smallest absolute Gasteiger partial charge is 0.252 e. The molecule has 1 aromatic heterocycles. The van der Waals surface area contributed by atoms with E-state index in [4.69, 9.17) is 4.74 Å². The lowest BCUT2D eigenvalue weighted by atomic mass is 10.0. The highest BCUT2D eigenvalue weighted by Gasteiger charge is 2.21. The van der Waals surface area contributed by atoms with Crippen molar-refractivity contribution in [3.63, 3.8) is 0 Å². The van der Waals surface area contributed by atoms with Gasteiger partial charge in [0, 0.05) is 28.8 Å². The van der Waals surface area contributed by atoms with Crippen LogP contribution in [0.2, 0.25) is 0 Å². The molecule has 0 bridgehead atoms. The van der Waals surface area contributed by atoms with E-state index < -0.39 is 0 Å². The van der Waals surface area contributed by atoms with Gasteiger partial charge in [0.05, 0.1) is 0 Å². The van der Waals surface area contributed by atoms with Gasteiger partial charge in [-0.15, -0.1) is 12.4 Å². The van der Waals surface area contributed by atoms with E-state index in [0.717, 1.165) is 59.7 Å². The molecular formula is C20H27ClN2O2S. The standard InChI is InChI=1S/C20H26N2O2S.ClH/c1-2-8-22-9-3-4-15(12-22)24-14-5-6-19-17(11-14)16-7-10-25-13-18(16)20(23)21-19;/h5-6,11,15H,2-4,7-10,12-13H2,1H3,(H,21,23);1H. The number of hydrogen-bond acceptors (Lipinski definition) is 4. The van der Waals surface area contributed by atoms with Crippen molar-refractivity contribution in [3.05, 3.63) is 39.7 Å². The fourth-order valence-electron chi connectivity index (χ4n) is 4.06. The first-order valence-corrected chi connectivity index (χ1v) is 10.5. The van der Waals surface area contributed by atoms with Crippen LogP contribution in [0.25, 0.3) is 10.9 Å². The van der Waals surface area contributed by atoms with Gasteiger partial charge in [-0.2, -0.15) is 11.8 Å². The average Bonchev–Trinajstić information content (AvgIpc) is 2.63. The van der Waals surface area contributed by atoms with E-state index in [2.05, 4.69) is 22.9 Å². The molecule has 0 radical (unpaired) electrons. The molecule has 1 fully saturated rings. The number of hydrogen-bond donors (Lipinski definition) is 1. The van der Waals surface area contributed by atoms with E-state index in [-0.39, 0.29) is 24.1 Å².